The van der Waals surface area contributed by atoms with E-state index in [4.69, 9.17) is 4.74 Å². The molecule has 0 spiro atoms. The van der Waals surface area contributed by atoms with E-state index in [1.165, 1.54) is 12.7 Å². The van der Waals surface area contributed by atoms with Crippen LogP contribution in [0, 0.1) is 6.92 Å². The zero-order chi connectivity index (χ0) is 14.4. The van der Waals surface area contributed by atoms with Gasteiger partial charge < -0.3 is 4.74 Å². The Morgan fingerprint density at radius 2 is 2.15 bits per heavy atom. The molecule has 2 aromatic rings. The summed E-state index contributed by atoms with van der Waals surface area (Å²) in [5.41, 5.74) is 1.23. The first-order valence-electron chi connectivity index (χ1n) is 6.13. The van der Waals surface area contributed by atoms with Crippen LogP contribution in [0.15, 0.2) is 29.2 Å². The second-order valence-electron chi connectivity index (χ2n) is 4.13. The Morgan fingerprint density at radius 1 is 1.40 bits per heavy atom. The number of methoxy groups -OCH3 is 1. The number of H-pyrrole nitrogens is 1. The van der Waals surface area contributed by atoms with Gasteiger partial charge in [0.2, 0.25) is 11.9 Å². The normalized spacial score (nSPS) is 10.3. The molecule has 2 N–H and O–H groups in total. The number of ether oxygens (including phenoxy) is 1. The second-order valence-corrected chi connectivity index (χ2v) is 5.30. The monoisotopic (exact) mass is 292 g/mol. The van der Waals surface area contributed by atoms with Crippen molar-refractivity contribution < 1.29 is 9.53 Å². The third-order valence-corrected chi connectivity index (χ3v) is 3.54. The van der Waals surface area contributed by atoms with E-state index in [-0.39, 0.29) is 11.9 Å². The largest absolute Gasteiger partial charge is 0.466 e. The fourth-order valence-electron chi connectivity index (χ4n) is 1.48. The van der Waals surface area contributed by atoms with Crippen molar-refractivity contribution in [3.8, 4) is 6.01 Å². The average Bonchev–Trinajstić information content (AvgIpc) is 2.88. The third kappa shape index (κ3) is 4.27. The second kappa shape index (κ2) is 6.95. The molecule has 0 fully saturated rings. The molecule has 0 unspecified atom stereocenters. The van der Waals surface area contributed by atoms with Crippen LogP contribution in [0.3, 0.4) is 0 Å². The number of hydrogen-bond donors (Lipinski definition) is 2. The van der Waals surface area contributed by atoms with E-state index in [2.05, 4.69) is 44.8 Å². The number of nitrogens with zero attached hydrogens (tertiary/aromatic N) is 2. The Kier molecular flexibility index (Phi) is 5.00. The third-order valence-electron chi connectivity index (χ3n) is 2.52. The minimum absolute atomic E-state index is 0.108. The van der Waals surface area contributed by atoms with Gasteiger partial charge in [0.25, 0.3) is 0 Å². The Bertz CT molecular complexity index is 568. The molecule has 1 amide bonds. The molecular formula is C13H16N4O2S. The molecule has 1 heterocycles. The summed E-state index contributed by atoms with van der Waals surface area (Å²) in [6.07, 6.45) is 0.404. The number of aromatic amines is 1. The maximum atomic E-state index is 11.7. The number of anilines is 1. The van der Waals surface area contributed by atoms with Crippen LogP contribution in [0.5, 0.6) is 6.01 Å². The van der Waals surface area contributed by atoms with Gasteiger partial charge in [0.1, 0.15) is 0 Å². The fourth-order valence-corrected chi connectivity index (χ4v) is 2.34. The first-order chi connectivity index (χ1) is 9.67. The molecule has 0 aliphatic heterocycles. The molecule has 7 heteroatoms. The highest BCUT2D eigenvalue weighted by Gasteiger charge is 2.07. The van der Waals surface area contributed by atoms with Gasteiger partial charge in [-0.3, -0.25) is 10.1 Å². The van der Waals surface area contributed by atoms with Crippen LogP contribution in [-0.2, 0) is 4.79 Å². The molecule has 1 aromatic carbocycles. The van der Waals surface area contributed by atoms with Crippen molar-refractivity contribution in [2.24, 2.45) is 0 Å². The van der Waals surface area contributed by atoms with Crippen molar-refractivity contribution in [3.63, 3.8) is 0 Å². The Morgan fingerprint density at radius 3 is 2.80 bits per heavy atom. The molecule has 0 radical (unpaired) electrons. The smallest absolute Gasteiger partial charge is 0.336 e. The van der Waals surface area contributed by atoms with Crippen molar-refractivity contribution in [2.75, 3.05) is 18.2 Å². The van der Waals surface area contributed by atoms with Gasteiger partial charge in [-0.2, -0.15) is 4.98 Å². The Labute approximate surface area is 121 Å². The zero-order valence-corrected chi connectivity index (χ0v) is 12.2. The first-order valence-corrected chi connectivity index (χ1v) is 7.11. The van der Waals surface area contributed by atoms with Gasteiger partial charge in [0.15, 0.2) is 0 Å². The van der Waals surface area contributed by atoms with Crippen LogP contribution in [0.1, 0.15) is 12.0 Å². The number of carbonyl (C=O) groups is 1. The molecule has 0 atom stereocenters. The number of amides is 1. The molecule has 0 saturated carbocycles. The average molecular weight is 292 g/mol. The quantitative estimate of drug-likeness (QED) is 0.798. The molecule has 106 valence electrons. The van der Waals surface area contributed by atoms with E-state index in [1.807, 2.05) is 6.92 Å². The van der Waals surface area contributed by atoms with Crippen LogP contribution >= 0.6 is 11.8 Å². The Hall–Kier alpha value is -2.02. The van der Waals surface area contributed by atoms with Gasteiger partial charge in [-0.15, -0.1) is 16.9 Å². The molecule has 6 nitrogen and oxygen atoms in total. The molecule has 0 bridgehead atoms. The van der Waals surface area contributed by atoms with Crippen LogP contribution in [0.2, 0.25) is 0 Å². The molecular weight excluding hydrogens is 276 g/mol. The predicted molar refractivity (Wildman–Crippen MR) is 78.1 cm³/mol. The highest BCUT2D eigenvalue weighted by Crippen LogP contribution is 2.19. The van der Waals surface area contributed by atoms with E-state index >= 15 is 0 Å². The maximum Gasteiger partial charge on any atom is 0.336 e. The number of aromatic nitrogens is 3. The van der Waals surface area contributed by atoms with E-state index in [0.717, 1.165) is 4.90 Å². The van der Waals surface area contributed by atoms with Crippen molar-refractivity contribution in [1.29, 1.82) is 0 Å². The Balaban J connectivity index is 1.73. The number of benzene rings is 1. The highest BCUT2D eigenvalue weighted by atomic mass is 32.2. The number of nitrogens with one attached hydrogen (secondary N) is 2. The minimum atomic E-state index is -0.108. The van der Waals surface area contributed by atoms with E-state index < -0.39 is 0 Å². The molecule has 2 rings (SSSR count). The van der Waals surface area contributed by atoms with Crippen LogP contribution in [0.25, 0.3) is 0 Å². The lowest BCUT2D eigenvalue weighted by Gasteiger charge is -2.02. The van der Waals surface area contributed by atoms with Crippen LogP contribution in [0.4, 0.5) is 5.95 Å². The van der Waals surface area contributed by atoms with Crippen molar-refractivity contribution in [3.05, 3.63) is 29.8 Å². The molecule has 0 aliphatic rings. The lowest BCUT2D eigenvalue weighted by molar-refractivity contribution is -0.115. The van der Waals surface area contributed by atoms with Crippen LogP contribution < -0.4 is 10.1 Å². The summed E-state index contributed by atoms with van der Waals surface area (Å²) in [4.78, 5) is 16.8. The van der Waals surface area contributed by atoms with Crippen LogP contribution in [-0.4, -0.2) is 34.0 Å². The van der Waals surface area contributed by atoms with Crippen molar-refractivity contribution >= 4 is 23.6 Å². The molecule has 0 aliphatic carbocycles. The number of thioether (sulfide) groups is 1. The molecule has 0 saturated heterocycles. The molecule has 20 heavy (non-hydrogen) atoms. The first kappa shape index (κ1) is 14.4. The zero-order valence-electron chi connectivity index (χ0n) is 11.3. The summed E-state index contributed by atoms with van der Waals surface area (Å²) in [7, 11) is 1.47. The predicted octanol–water partition coefficient (Wildman–Crippen LogP) is 2.24. The molecule has 1 aromatic heterocycles. The minimum Gasteiger partial charge on any atom is -0.466 e. The number of rotatable bonds is 6. The SMILES string of the molecule is COc1n[nH]c(NC(=O)CCSc2ccc(C)cc2)n1. The summed E-state index contributed by atoms with van der Waals surface area (Å²) >= 11 is 1.65. The van der Waals surface area contributed by atoms with Gasteiger partial charge in [0.05, 0.1) is 7.11 Å². The summed E-state index contributed by atoms with van der Waals surface area (Å²) in [6, 6.07) is 8.43. The van der Waals surface area contributed by atoms with Gasteiger partial charge in [0, 0.05) is 17.1 Å². The fraction of sp³-hybridized carbons (Fsp3) is 0.308. The van der Waals surface area contributed by atoms with Gasteiger partial charge in [-0.1, -0.05) is 17.7 Å². The maximum absolute atomic E-state index is 11.7. The highest BCUT2D eigenvalue weighted by molar-refractivity contribution is 7.99. The lowest BCUT2D eigenvalue weighted by Crippen LogP contribution is -2.13. The van der Waals surface area contributed by atoms with E-state index in [0.29, 0.717) is 18.1 Å². The standard InChI is InChI=1S/C13H16N4O2S/c1-9-3-5-10(6-4-9)20-8-7-11(18)14-12-15-13(19-2)17-16-12/h3-6H,7-8H2,1-2H3,(H2,14,15,16,17,18). The number of aryl methyl sites for hydroxylation is 1. The van der Waals surface area contributed by atoms with Gasteiger partial charge in [-0.05, 0) is 19.1 Å². The van der Waals surface area contributed by atoms with Crippen molar-refractivity contribution in [1.82, 2.24) is 15.2 Å². The van der Waals surface area contributed by atoms with Gasteiger partial charge >= 0.3 is 6.01 Å². The number of hydrogen-bond acceptors (Lipinski definition) is 5. The number of carbonyl (C=O) groups excluding carboxylic acids is 1. The summed E-state index contributed by atoms with van der Waals surface area (Å²) in [6.45, 7) is 2.05. The summed E-state index contributed by atoms with van der Waals surface area (Å²) < 4.78 is 4.82. The van der Waals surface area contributed by atoms with Gasteiger partial charge in [-0.25, -0.2) is 5.10 Å². The van der Waals surface area contributed by atoms with E-state index in [1.54, 1.807) is 11.8 Å². The lowest BCUT2D eigenvalue weighted by atomic mass is 10.2. The van der Waals surface area contributed by atoms with Crippen molar-refractivity contribution in [2.45, 2.75) is 18.2 Å². The van der Waals surface area contributed by atoms with E-state index in [9.17, 15) is 4.79 Å². The summed E-state index contributed by atoms with van der Waals surface area (Å²) in [5.74, 6) is 0.899. The topological polar surface area (TPSA) is 79.9 Å². The summed E-state index contributed by atoms with van der Waals surface area (Å²) in [5, 5.41) is 8.95.